The van der Waals surface area contributed by atoms with Crippen LogP contribution in [0, 0.1) is 0 Å². The molecule has 0 saturated carbocycles. The van der Waals surface area contributed by atoms with Crippen molar-refractivity contribution in [2.75, 3.05) is 0 Å². The van der Waals surface area contributed by atoms with E-state index >= 15 is 0 Å². The number of allylic oxidation sites excluding steroid dienone is 1. The molecule has 2 aromatic rings. The lowest BCUT2D eigenvalue weighted by atomic mass is 9.77. The lowest BCUT2D eigenvalue weighted by Crippen LogP contribution is -2.28. The zero-order chi connectivity index (χ0) is 22.9. The SMILES string of the molecule is CC1=Cc2c(cc3c(c2-c2cc(C(C)(C)C)cc(C(C)(C)C)c2)CCC3)C1[Si](C)(C)Cl. The van der Waals surface area contributed by atoms with E-state index in [1.807, 2.05) is 0 Å². The molecule has 0 bridgehead atoms. The Morgan fingerprint density at radius 2 is 1.45 bits per heavy atom. The molecule has 0 heterocycles. The average Bonchev–Trinajstić information content (AvgIpc) is 3.19. The third-order valence-electron chi connectivity index (χ3n) is 7.25. The van der Waals surface area contributed by atoms with E-state index in [1.54, 1.807) is 11.1 Å². The minimum atomic E-state index is -1.87. The summed E-state index contributed by atoms with van der Waals surface area (Å²) in [5, 5.41) is 0. The third kappa shape index (κ3) is 4.09. The van der Waals surface area contributed by atoms with Gasteiger partial charge in [-0.1, -0.05) is 90.6 Å². The molecule has 0 spiro atoms. The van der Waals surface area contributed by atoms with Crippen molar-refractivity contribution in [3.8, 4) is 11.1 Å². The Hall–Kier alpha value is -1.31. The molecule has 2 aromatic carbocycles. The highest BCUT2D eigenvalue weighted by Gasteiger charge is 2.39. The van der Waals surface area contributed by atoms with Gasteiger partial charge in [-0.3, -0.25) is 0 Å². The summed E-state index contributed by atoms with van der Waals surface area (Å²) in [6.07, 6.45) is 6.13. The number of halogens is 1. The van der Waals surface area contributed by atoms with Gasteiger partial charge >= 0.3 is 0 Å². The van der Waals surface area contributed by atoms with Gasteiger partial charge in [-0.2, -0.15) is 11.1 Å². The Morgan fingerprint density at radius 3 is 1.97 bits per heavy atom. The summed E-state index contributed by atoms with van der Waals surface area (Å²) in [6, 6.07) is 9.91. The topological polar surface area (TPSA) is 0 Å². The van der Waals surface area contributed by atoms with Gasteiger partial charge in [0.2, 0.25) is 0 Å². The molecule has 0 aromatic heterocycles. The number of benzene rings is 2. The summed E-state index contributed by atoms with van der Waals surface area (Å²) in [4.78, 5) is 0. The van der Waals surface area contributed by atoms with Crippen molar-refractivity contribution in [3.05, 3.63) is 63.2 Å². The smallest absolute Gasteiger partial charge is 0.161 e. The highest BCUT2D eigenvalue weighted by molar-refractivity contribution is 7.20. The van der Waals surface area contributed by atoms with E-state index < -0.39 is 7.38 Å². The Bertz CT molecular complexity index is 1040. The minimum absolute atomic E-state index is 0.121. The van der Waals surface area contributed by atoms with E-state index in [-0.39, 0.29) is 10.8 Å². The van der Waals surface area contributed by atoms with Crippen molar-refractivity contribution < 1.29 is 0 Å². The predicted molar refractivity (Wildman–Crippen MR) is 141 cm³/mol. The van der Waals surface area contributed by atoms with E-state index in [0.717, 1.165) is 0 Å². The van der Waals surface area contributed by atoms with Gasteiger partial charge in [-0.25, -0.2) is 0 Å². The second-order valence-corrected chi connectivity index (χ2v) is 19.1. The molecule has 0 amide bonds. The zero-order valence-electron chi connectivity index (χ0n) is 21.0. The fourth-order valence-electron chi connectivity index (χ4n) is 5.61. The molecule has 0 nitrogen and oxygen atoms in total. The van der Waals surface area contributed by atoms with Crippen molar-refractivity contribution in [2.45, 2.75) is 97.2 Å². The van der Waals surface area contributed by atoms with Crippen LogP contribution in [0.25, 0.3) is 17.2 Å². The van der Waals surface area contributed by atoms with Crippen LogP contribution in [0.15, 0.2) is 29.8 Å². The van der Waals surface area contributed by atoms with Crippen molar-refractivity contribution in [1.82, 2.24) is 0 Å². The lowest BCUT2D eigenvalue weighted by Gasteiger charge is -2.28. The van der Waals surface area contributed by atoms with Gasteiger partial charge in [0.25, 0.3) is 0 Å². The molecule has 4 rings (SSSR count). The zero-order valence-corrected chi connectivity index (χ0v) is 22.7. The summed E-state index contributed by atoms with van der Waals surface area (Å²) >= 11 is 7.08. The maximum Gasteiger partial charge on any atom is 0.161 e. The fourth-order valence-corrected chi connectivity index (χ4v) is 8.63. The van der Waals surface area contributed by atoms with Gasteiger partial charge in [0.1, 0.15) is 0 Å². The third-order valence-corrected chi connectivity index (χ3v) is 10.0. The molecule has 0 radical (unpaired) electrons. The van der Waals surface area contributed by atoms with Crippen LogP contribution in [-0.2, 0) is 23.7 Å². The molecule has 166 valence electrons. The van der Waals surface area contributed by atoms with Crippen LogP contribution in [0.2, 0.25) is 13.1 Å². The van der Waals surface area contributed by atoms with Crippen LogP contribution < -0.4 is 0 Å². The van der Waals surface area contributed by atoms with Gasteiger partial charge in [-0.05, 0) is 81.5 Å². The van der Waals surface area contributed by atoms with Crippen LogP contribution in [0.5, 0.6) is 0 Å². The molecular weight excluding hydrogens is 412 g/mol. The first-order valence-electron chi connectivity index (χ1n) is 11.9. The van der Waals surface area contributed by atoms with Crippen LogP contribution >= 0.6 is 11.1 Å². The number of rotatable bonds is 2. The summed E-state index contributed by atoms with van der Waals surface area (Å²) in [7, 11) is -1.87. The number of aryl methyl sites for hydroxylation is 1. The van der Waals surface area contributed by atoms with Crippen molar-refractivity contribution in [3.63, 3.8) is 0 Å². The second kappa shape index (κ2) is 7.35. The molecule has 31 heavy (non-hydrogen) atoms. The summed E-state index contributed by atoms with van der Waals surface area (Å²) in [5.41, 5.74) is 14.0. The molecule has 2 heteroatoms. The monoisotopic (exact) mass is 450 g/mol. The molecule has 1 unspecified atom stereocenters. The quantitative estimate of drug-likeness (QED) is 0.316. The Balaban J connectivity index is 2.05. The van der Waals surface area contributed by atoms with Crippen molar-refractivity contribution in [1.29, 1.82) is 0 Å². The van der Waals surface area contributed by atoms with Gasteiger partial charge in [0, 0.05) is 5.54 Å². The van der Waals surface area contributed by atoms with Gasteiger partial charge in [0.05, 0.1) is 0 Å². The number of hydrogen-bond donors (Lipinski definition) is 0. The van der Waals surface area contributed by atoms with E-state index in [4.69, 9.17) is 11.1 Å². The van der Waals surface area contributed by atoms with Gasteiger partial charge in [0.15, 0.2) is 7.38 Å². The minimum Gasteiger partial charge on any atom is -0.167 e. The fraction of sp³-hybridized carbons (Fsp3) is 0.517. The second-order valence-electron chi connectivity index (χ2n) is 12.4. The van der Waals surface area contributed by atoms with E-state index in [9.17, 15) is 0 Å². The van der Waals surface area contributed by atoms with Crippen molar-refractivity contribution >= 4 is 24.5 Å². The first kappa shape index (κ1) is 22.9. The summed E-state index contributed by atoms with van der Waals surface area (Å²) in [6.45, 7) is 20.9. The molecule has 2 aliphatic carbocycles. The molecule has 0 saturated heterocycles. The van der Waals surface area contributed by atoms with E-state index in [2.05, 4.69) is 91.9 Å². The molecule has 1 atom stereocenters. The van der Waals surface area contributed by atoms with Crippen LogP contribution in [0.3, 0.4) is 0 Å². The first-order chi connectivity index (χ1) is 14.2. The van der Waals surface area contributed by atoms with E-state index in [0.29, 0.717) is 5.54 Å². The Kier molecular flexibility index (Phi) is 5.42. The highest BCUT2D eigenvalue weighted by atomic mass is 35.6. The maximum atomic E-state index is 7.08. The number of hydrogen-bond acceptors (Lipinski definition) is 0. The highest BCUT2D eigenvalue weighted by Crippen LogP contribution is 2.50. The molecule has 0 aliphatic heterocycles. The maximum absolute atomic E-state index is 7.08. The predicted octanol–water partition coefficient (Wildman–Crippen LogP) is 8.92. The molecule has 0 N–H and O–H groups in total. The standard InChI is InChI=1S/C29H39ClSi/c1-18-13-24-25(27(18)31(8,9)30)16-19-11-10-12-23(19)26(24)20-14-21(28(2,3)4)17-22(15-20)29(5,6)7/h13-17,27H,10-12H2,1-9H3. The van der Waals surface area contributed by atoms with Crippen LogP contribution in [-0.4, -0.2) is 7.38 Å². The van der Waals surface area contributed by atoms with Gasteiger partial charge < -0.3 is 0 Å². The first-order valence-corrected chi connectivity index (χ1v) is 16.0. The van der Waals surface area contributed by atoms with Crippen LogP contribution in [0.4, 0.5) is 0 Å². The molecular formula is C29H39ClSi. The Morgan fingerprint density at radius 1 is 0.871 bits per heavy atom. The molecule has 0 fully saturated rings. The average molecular weight is 451 g/mol. The number of fused-ring (bicyclic) bond motifs is 2. The summed E-state index contributed by atoms with van der Waals surface area (Å²) < 4.78 is 0. The van der Waals surface area contributed by atoms with Gasteiger partial charge in [-0.15, -0.1) is 0 Å². The lowest BCUT2D eigenvalue weighted by molar-refractivity contribution is 0.569. The summed E-state index contributed by atoms with van der Waals surface area (Å²) in [5.74, 6) is 0. The largest absolute Gasteiger partial charge is 0.167 e. The molecule has 2 aliphatic rings. The normalized spacial score (nSPS) is 18.8. The van der Waals surface area contributed by atoms with E-state index in [1.165, 1.54) is 58.2 Å². The van der Waals surface area contributed by atoms with Crippen LogP contribution in [0.1, 0.15) is 93.8 Å². The Labute approximate surface area is 195 Å². The van der Waals surface area contributed by atoms with Crippen molar-refractivity contribution in [2.24, 2.45) is 0 Å².